The monoisotopic (exact) mass is 298 g/mol. The smallest absolute Gasteiger partial charge is 0.138 e. The SMILES string of the molecule is CC[C@@]12CCCN3CC[C@]4(c5cccc(O)c5N[C@@H]4CC1)[C@H]32. The number of aromatic hydroxyl groups is 1. The Morgan fingerprint density at radius 2 is 2.18 bits per heavy atom. The van der Waals surface area contributed by atoms with Crippen LogP contribution < -0.4 is 5.32 Å². The molecule has 4 aliphatic rings. The number of phenols is 1. The zero-order valence-corrected chi connectivity index (χ0v) is 13.4. The van der Waals surface area contributed by atoms with Gasteiger partial charge in [0.05, 0.1) is 5.69 Å². The minimum atomic E-state index is 0.239. The van der Waals surface area contributed by atoms with E-state index in [0.29, 0.717) is 23.2 Å². The Kier molecular flexibility index (Phi) is 2.52. The third-order valence-corrected chi connectivity index (χ3v) is 7.49. The number of benzene rings is 1. The molecule has 0 amide bonds. The number of anilines is 1. The van der Waals surface area contributed by atoms with Crippen LogP contribution in [0.25, 0.3) is 0 Å². The van der Waals surface area contributed by atoms with Crippen molar-refractivity contribution in [2.75, 3.05) is 18.4 Å². The molecular weight excluding hydrogens is 272 g/mol. The lowest BCUT2D eigenvalue weighted by Gasteiger charge is -2.58. The maximum atomic E-state index is 10.3. The largest absolute Gasteiger partial charge is 0.506 e. The van der Waals surface area contributed by atoms with Gasteiger partial charge >= 0.3 is 0 Å². The van der Waals surface area contributed by atoms with Gasteiger partial charge < -0.3 is 10.4 Å². The fourth-order valence-corrected chi connectivity index (χ4v) is 6.65. The first-order valence-corrected chi connectivity index (χ1v) is 9.04. The Morgan fingerprint density at radius 1 is 1.27 bits per heavy atom. The summed E-state index contributed by atoms with van der Waals surface area (Å²) in [6.45, 7) is 4.91. The third-order valence-electron chi connectivity index (χ3n) is 7.49. The molecule has 1 aromatic carbocycles. The molecule has 5 rings (SSSR count). The summed E-state index contributed by atoms with van der Waals surface area (Å²) in [5, 5.41) is 14.1. The van der Waals surface area contributed by atoms with Gasteiger partial charge in [0.2, 0.25) is 0 Å². The molecule has 0 bridgehead atoms. The van der Waals surface area contributed by atoms with Crippen molar-refractivity contribution >= 4 is 5.69 Å². The van der Waals surface area contributed by atoms with E-state index in [0.717, 1.165) is 5.69 Å². The average molecular weight is 298 g/mol. The van der Waals surface area contributed by atoms with Gasteiger partial charge in [-0.05, 0) is 68.7 Å². The molecule has 2 saturated heterocycles. The number of fused-ring (bicyclic) bond motifs is 1. The van der Waals surface area contributed by atoms with Crippen molar-refractivity contribution in [2.24, 2.45) is 5.41 Å². The van der Waals surface area contributed by atoms with E-state index in [-0.39, 0.29) is 5.41 Å². The molecule has 3 heteroatoms. The number of hydrogen-bond donors (Lipinski definition) is 2. The van der Waals surface area contributed by atoms with E-state index in [2.05, 4.69) is 23.2 Å². The van der Waals surface area contributed by atoms with Crippen LogP contribution in [0.3, 0.4) is 0 Å². The van der Waals surface area contributed by atoms with Crippen LogP contribution in [0, 0.1) is 5.41 Å². The highest BCUT2D eigenvalue weighted by Crippen LogP contribution is 2.64. The molecule has 4 atom stereocenters. The van der Waals surface area contributed by atoms with Gasteiger partial charge in [0.25, 0.3) is 0 Å². The van der Waals surface area contributed by atoms with Gasteiger partial charge in [0, 0.05) is 17.5 Å². The van der Waals surface area contributed by atoms with Crippen molar-refractivity contribution in [1.82, 2.24) is 4.90 Å². The van der Waals surface area contributed by atoms with E-state index in [1.807, 2.05) is 12.1 Å². The Morgan fingerprint density at radius 3 is 3.05 bits per heavy atom. The van der Waals surface area contributed by atoms with E-state index < -0.39 is 0 Å². The van der Waals surface area contributed by atoms with E-state index >= 15 is 0 Å². The normalized spacial score (nSPS) is 42.4. The van der Waals surface area contributed by atoms with Crippen LogP contribution in [-0.4, -0.2) is 35.2 Å². The van der Waals surface area contributed by atoms with E-state index in [1.54, 1.807) is 0 Å². The van der Waals surface area contributed by atoms with Gasteiger partial charge in [-0.2, -0.15) is 0 Å². The molecule has 3 heterocycles. The zero-order valence-electron chi connectivity index (χ0n) is 13.4. The maximum Gasteiger partial charge on any atom is 0.138 e. The van der Waals surface area contributed by atoms with Gasteiger partial charge in [-0.3, -0.25) is 4.90 Å². The number of rotatable bonds is 1. The lowest BCUT2D eigenvalue weighted by atomic mass is 9.52. The molecule has 2 N–H and O–H groups in total. The molecular formula is C19H26N2O. The van der Waals surface area contributed by atoms with E-state index in [1.165, 1.54) is 57.2 Å². The highest BCUT2D eigenvalue weighted by Gasteiger charge is 2.66. The zero-order chi connectivity index (χ0) is 14.9. The first-order valence-electron chi connectivity index (χ1n) is 9.04. The highest BCUT2D eigenvalue weighted by molar-refractivity contribution is 5.71. The maximum absolute atomic E-state index is 10.3. The van der Waals surface area contributed by atoms with E-state index in [4.69, 9.17) is 0 Å². The number of para-hydroxylation sites is 1. The van der Waals surface area contributed by atoms with Crippen LogP contribution in [0.2, 0.25) is 0 Å². The Bertz CT molecular complexity index is 630. The summed E-state index contributed by atoms with van der Waals surface area (Å²) in [6, 6.07) is 7.35. The van der Waals surface area contributed by atoms with Crippen molar-refractivity contribution in [3.8, 4) is 5.75 Å². The van der Waals surface area contributed by atoms with Gasteiger partial charge in [0.15, 0.2) is 0 Å². The fraction of sp³-hybridized carbons (Fsp3) is 0.684. The van der Waals surface area contributed by atoms with Crippen LogP contribution in [0.4, 0.5) is 5.69 Å². The molecule has 1 aromatic rings. The second kappa shape index (κ2) is 4.19. The average Bonchev–Trinajstić information content (AvgIpc) is 3.10. The van der Waals surface area contributed by atoms with Crippen molar-refractivity contribution in [2.45, 2.75) is 62.9 Å². The standard InChI is InChI=1S/C19H26N2O/c1-2-18-8-4-11-21-12-10-19(17(18)21)13-5-3-6-14(22)16(13)20-15(19)7-9-18/h3,5-6,15,17,20,22H,2,4,7-12H2,1H3/t15-,17-,18-,19-/m1/s1. The highest BCUT2D eigenvalue weighted by atomic mass is 16.3. The molecule has 3 fully saturated rings. The van der Waals surface area contributed by atoms with Crippen molar-refractivity contribution in [1.29, 1.82) is 0 Å². The number of hydrogen-bond acceptors (Lipinski definition) is 3. The molecule has 0 unspecified atom stereocenters. The van der Waals surface area contributed by atoms with Crippen molar-refractivity contribution in [3.63, 3.8) is 0 Å². The molecule has 3 nitrogen and oxygen atoms in total. The predicted molar refractivity (Wildman–Crippen MR) is 88.4 cm³/mol. The lowest BCUT2D eigenvalue weighted by Crippen LogP contribution is -2.63. The molecule has 1 aliphatic carbocycles. The molecule has 22 heavy (non-hydrogen) atoms. The Labute approximate surface area is 132 Å². The fourth-order valence-electron chi connectivity index (χ4n) is 6.65. The summed E-state index contributed by atoms with van der Waals surface area (Å²) in [6.07, 6.45) is 7.92. The Hall–Kier alpha value is -1.22. The topological polar surface area (TPSA) is 35.5 Å². The minimum Gasteiger partial charge on any atom is -0.506 e. The molecule has 0 aromatic heterocycles. The van der Waals surface area contributed by atoms with Crippen molar-refractivity contribution < 1.29 is 5.11 Å². The number of phenolic OH excluding ortho intramolecular Hbond substituents is 1. The lowest BCUT2D eigenvalue weighted by molar-refractivity contribution is -0.0309. The quantitative estimate of drug-likeness (QED) is 0.779. The number of piperidine rings is 1. The second-order valence-electron chi connectivity index (χ2n) is 7.98. The third kappa shape index (κ3) is 1.33. The van der Waals surface area contributed by atoms with Crippen LogP contribution in [0.5, 0.6) is 5.75 Å². The molecule has 118 valence electrons. The van der Waals surface area contributed by atoms with Crippen molar-refractivity contribution in [3.05, 3.63) is 23.8 Å². The number of nitrogens with one attached hydrogen (secondary N) is 1. The van der Waals surface area contributed by atoms with Gasteiger partial charge in [-0.1, -0.05) is 19.1 Å². The molecule has 1 spiro atoms. The summed E-state index contributed by atoms with van der Waals surface area (Å²) in [5.41, 5.74) is 3.18. The van der Waals surface area contributed by atoms with E-state index in [9.17, 15) is 5.11 Å². The van der Waals surface area contributed by atoms with Gasteiger partial charge in [-0.15, -0.1) is 0 Å². The molecule has 0 radical (unpaired) electrons. The second-order valence-corrected chi connectivity index (χ2v) is 7.98. The van der Waals surface area contributed by atoms with Crippen LogP contribution in [0.1, 0.15) is 51.0 Å². The Balaban J connectivity index is 1.73. The summed E-state index contributed by atoms with van der Waals surface area (Å²) in [7, 11) is 0. The van der Waals surface area contributed by atoms with Gasteiger partial charge in [0.1, 0.15) is 5.75 Å². The summed E-state index contributed by atoms with van der Waals surface area (Å²) in [5.74, 6) is 0.442. The first kappa shape index (κ1) is 13.2. The number of nitrogens with zero attached hydrogens (tertiary/aromatic N) is 1. The molecule has 3 aliphatic heterocycles. The van der Waals surface area contributed by atoms with Crippen LogP contribution in [0.15, 0.2) is 18.2 Å². The summed E-state index contributed by atoms with van der Waals surface area (Å²) in [4.78, 5) is 2.79. The predicted octanol–water partition coefficient (Wildman–Crippen LogP) is 3.48. The first-order chi connectivity index (χ1) is 10.7. The summed E-state index contributed by atoms with van der Waals surface area (Å²) < 4.78 is 0. The van der Waals surface area contributed by atoms with Crippen LogP contribution >= 0.6 is 0 Å². The minimum absolute atomic E-state index is 0.239. The summed E-state index contributed by atoms with van der Waals surface area (Å²) >= 11 is 0. The van der Waals surface area contributed by atoms with Crippen LogP contribution in [-0.2, 0) is 5.41 Å². The van der Waals surface area contributed by atoms with Gasteiger partial charge in [-0.25, -0.2) is 0 Å². The molecule has 1 saturated carbocycles.